The first-order chi connectivity index (χ1) is 22.0. The van der Waals surface area contributed by atoms with Crippen molar-refractivity contribution in [3.63, 3.8) is 0 Å². The molecule has 9 nitrogen and oxygen atoms in total. The van der Waals surface area contributed by atoms with Gasteiger partial charge in [-0.1, -0.05) is 80.6 Å². The van der Waals surface area contributed by atoms with Crippen molar-refractivity contribution >= 4 is 48.9 Å². The second kappa shape index (κ2) is 12.8. The molecular weight excluding hydrogens is 602 g/mol. The quantitative estimate of drug-likeness (QED) is 0.0618. The van der Waals surface area contributed by atoms with Gasteiger partial charge in [0.1, 0.15) is 12.0 Å². The summed E-state index contributed by atoms with van der Waals surface area (Å²) in [5, 5.41) is 24.0. The molecule has 0 spiro atoms. The lowest BCUT2D eigenvalue weighted by atomic mass is 9.78. The number of para-hydroxylation sites is 1. The van der Waals surface area contributed by atoms with Crippen molar-refractivity contribution in [1.29, 1.82) is 0 Å². The first-order valence-electron chi connectivity index (χ1n) is 15.6. The maximum Gasteiger partial charge on any atom is 0.306 e. The highest BCUT2D eigenvalue weighted by Crippen LogP contribution is 2.43. The van der Waals surface area contributed by atoms with E-state index < -0.39 is 33.5 Å². The fourth-order valence-electron chi connectivity index (χ4n) is 6.61. The fraction of sp³-hybridized carbons (Fsp3) is 0.306. The van der Waals surface area contributed by atoms with E-state index in [1.807, 2.05) is 26.0 Å². The Bertz CT molecular complexity index is 2020. The SMILES string of the molecule is Cc1ccccc1NC(N[C@@H](CC(C)C)C(=O)Nc1c(C2CCc3c(ccc4c3ccc3ccccc34)C2)coc1O)S(=O)(=O)O. The van der Waals surface area contributed by atoms with Crippen molar-refractivity contribution in [3.05, 3.63) is 101 Å². The number of furan rings is 1. The highest BCUT2D eigenvalue weighted by atomic mass is 32.2. The molecule has 46 heavy (non-hydrogen) atoms. The third-order valence-corrected chi connectivity index (χ3v) is 9.79. The van der Waals surface area contributed by atoms with E-state index in [4.69, 9.17) is 4.42 Å². The molecule has 0 saturated carbocycles. The predicted octanol–water partition coefficient (Wildman–Crippen LogP) is 7.10. The molecule has 2 unspecified atom stereocenters. The third-order valence-electron chi connectivity index (χ3n) is 8.94. The minimum atomic E-state index is -4.67. The van der Waals surface area contributed by atoms with Gasteiger partial charge in [-0.15, -0.1) is 0 Å². The molecular formula is C36H39N3O6S. The average Bonchev–Trinajstić information content (AvgIpc) is 3.39. The first-order valence-corrected chi connectivity index (χ1v) is 17.1. The molecule has 5 N–H and O–H groups in total. The summed E-state index contributed by atoms with van der Waals surface area (Å²) in [5.74, 6) is -0.981. The number of hydrogen-bond donors (Lipinski definition) is 5. The Morgan fingerprint density at radius 2 is 1.72 bits per heavy atom. The van der Waals surface area contributed by atoms with E-state index in [9.17, 15) is 22.9 Å². The van der Waals surface area contributed by atoms with Gasteiger partial charge in [-0.05, 0) is 88.7 Å². The van der Waals surface area contributed by atoms with Crippen LogP contribution in [-0.2, 0) is 27.8 Å². The highest BCUT2D eigenvalue weighted by molar-refractivity contribution is 7.86. The van der Waals surface area contributed by atoms with Crippen LogP contribution in [0.4, 0.5) is 11.4 Å². The Labute approximate surface area is 268 Å². The summed E-state index contributed by atoms with van der Waals surface area (Å²) in [6.45, 7) is 5.62. The molecule has 0 aliphatic heterocycles. The van der Waals surface area contributed by atoms with Crippen LogP contribution in [0.2, 0.25) is 0 Å². The molecule has 1 aliphatic rings. The Balaban J connectivity index is 1.24. The number of rotatable bonds is 10. The van der Waals surface area contributed by atoms with E-state index in [2.05, 4.69) is 58.4 Å². The van der Waals surface area contributed by atoms with Crippen molar-refractivity contribution in [3.8, 4) is 5.95 Å². The molecule has 6 rings (SSSR count). The predicted molar refractivity (Wildman–Crippen MR) is 182 cm³/mol. The minimum absolute atomic E-state index is 0.00275. The Kier molecular flexibility index (Phi) is 8.78. The minimum Gasteiger partial charge on any atom is -0.479 e. The molecule has 0 radical (unpaired) electrons. The van der Waals surface area contributed by atoms with Gasteiger partial charge in [-0.2, -0.15) is 8.42 Å². The van der Waals surface area contributed by atoms with Crippen molar-refractivity contribution in [1.82, 2.24) is 5.32 Å². The van der Waals surface area contributed by atoms with E-state index in [0.29, 0.717) is 17.7 Å². The lowest BCUT2D eigenvalue weighted by molar-refractivity contribution is -0.118. The highest BCUT2D eigenvalue weighted by Gasteiger charge is 2.33. The number of carbonyl (C=O) groups excluding carboxylic acids is 1. The van der Waals surface area contributed by atoms with Gasteiger partial charge in [0, 0.05) is 11.3 Å². The van der Waals surface area contributed by atoms with E-state index in [1.165, 1.54) is 38.9 Å². The lowest BCUT2D eigenvalue weighted by Crippen LogP contribution is -2.52. The van der Waals surface area contributed by atoms with Crippen molar-refractivity contribution in [2.75, 3.05) is 10.6 Å². The number of aromatic hydroxyl groups is 1. The Morgan fingerprint density at radius 3 is 2.48 bits per heavy atom. The molecule has 4 aromatic carbocycles. The van der Waals surface area contributed by atoms with Crippen LogP contribution in [0, 0.1) is 12.8 Å². The molecule has 1 heterocycles. The van der Waals surface area contributed by atoms with Gasteiger partial charge in [-0.25, -0.2) is 0 Å². The van der Waals surface area contributed by atoms with E-state index >= 15 is 0 Å². The second-order valence-corrected chi connectivity index (χ2v) is 14.1. The van der Waals surface area contributed by atoms with Gasteiger partial charge in [-0.3, -0.25) is 14.7 Å². The molecule has 0 bridgehead atoms. The molecule has 1 aliphatic carbocycles. The van der Waals surface area contributed by atoms with Crippen LogP contribution in [0.25, 0.3) is 21.5 Å². The fourth-order valence-corrected chi connectivity index (χ4v) is 7.23. The number of hydrogen-bond acceptors (Lipinski definition) is 7. The van der Waals surface area contributed by atoms with Crippen molar-refractivity contribution in [2.45, 2.75) is 63.9 Å². The van der Waals surface area contributed by atoms with Gasteiger partial charge >= 0.3 is 5.95 Å². The zero-order chi connectivity index (χ0) is 32.6. The van der Waals surface area contributed by atoms with Gasteiger partial charge < -0.3 is 20.2 Å². The summed E-state index contributed by atoms with van der Waals surface area (Å²) >= 11 is 0. The summed E-state index contributed by atoms with van der Waals surface area (Å²) < 4.78 is 40.3. The van der Waals surface area contributed by atoms with Crippen LogP contribution < -0.4 is 16.0 Å². The number of nitrogens with one attached hydrogen (secondary N) is 3. The zero-order valence-corrected chi connectivity index (χ0v) is 26.9. The largest absolute Gasteiger partial charge is 0.479 e. The summed E-state index contributed by atoms with van der Waals surface area (Å²) in [5.41, 5.74) is 3.01. The van der Waals surface area contributed by atoms with Crippen molar-refractivity contribution < 1.29 is 27.3 Å². The van der Waals surface area contributed by atoms with Crippen LogP contribution in [0.3, 0.4) is 0 Å². The zero-order valence-electron chi connectivity index (χ0n) is 26.1. The molecule has 240 valence electrons. The maximum atomic E-state index is 13.7. The van der Waals surface area contributed by atoms with Gasteiger partial charge in [0.2, 0.25) is 11.4 Å². The second-order valence-electron chi connectivity index (χ2n) is 12.6. The number of aryl methyl sites for hydroxylation is 2. The van der Waals surface area contributed by atoms with Gasteiger partial charge in [0.05, 0.1) is 6.04 Å². The van der Waals surface area contributed by atoms with Gasteiger partial charge in [0.25, 0.3) is 10.1 Å². The molecule has 1 amide bonds. The number of benzene rings is 4. The average molecular weight is 642 g/mol. The van der Waals surface area contributed by atoms with Crippen LogP contribution >= 0.6 is 0 Å². The topological polar surface area (TPSA) is 141 Å². The molecule has 0 saturated heterocycles. The smallest absolute Gasteiger partial charge is 0.306 e. The van der Waals surface area contributed by atoms with E-state index in [1.54, 1.807) is 25.1 Å². The lowest BCUT2D eigenvalue weighted by Gasteiger charge is -2.28. The summed E-state index contributed by atoms with van der Waals surface area (Å²) in [7, 11) is -4.67. The van der Waals surface area contributed by atoms with Crippen LogP contribution in [0.15, 0.2) is 83.5 Å². The Morgan fingerprint density at radius 1 is 0.978 bits per heavy atom. The van der Waals surface area contributed by atoms with Crippen LogP contribution in [0.1, 0.15) is 54.9 Å². The van der Waals surface area contributed by atoms with Crippen LogP contribution in [-0.4, -0.2) is 35.5 Å². The summed E-state index contributed by atoms with van der Waals surface area (Å²) in [6.07, 6.45) is 4.08. The number of fused-ring (bicyclic) bond motifs is 5. The summed E-state index contributed by atoms with van der Waals surface area (Å²) in [4.78, 5) is 13.7. The van der Waals surface area contributed by atoms with Gasteiger partial charge in [0.15, 0.2) is 0 Å². The number of amides is 1. The van der Waals surface area contributed by atoms with E-state index in [-0.39, 0.29) is 23.9 Å². The monoisotopic (exact) mass is 641 g/mol. The van der Waals surface area contributed by atoms with Crippen LogP contribution in [0.5, 0.6) is 5.95 Å². The maximum absolute atomic E-state index is 13.7. The normalized spacial score (nSPS) is 16.3. The molecule has 10 heteroatoms. The molecule has 5 aromatic rings. The first kappa shape index (κ1) is 31.6. The third kappa shape index (κ3) is 6.46. The van der Waals surface area contributed by atoms with E-state index in [0.717, 1.165) is 18.4 Å². The summed E-state index contributed by atoms with van der Waals surface area (Å²) in [6, 6.07) is 23.1. The Hall–Kier alpha value is -4.38. The molecule has 0 fully saturated rings. The van der Waals surface area contributed by atoms with Crippen molar-refractivity contribution in [2.24, 2.45) is 5.92 Å². The molecule has 3 atom stereocenters. The standard InChI is InChI=1S/C36H39N3O6S/c1-21(2)18-32(38-36(46(42,43)44)37-31-11-7-4-8-22(31)3)34(40)39-33-30(20-45-35(33)41)25-13-15-27-24(19-25)14-17-28-26-10-6-5-9-23(26)12-16-29(27)28/h4-12,14,16-17,20-21,25,32,36-38,41H,13,15,18-19H2,1-3H3,(H,39,40)(H,42,43,44)/t25?,32-,36?/m0/s1. The number of carbonyl (C=O) groups is 1. The molecule has 1 aromatic heterocycles. The number of anilines is 2.